The van der Waals surface area contributed by atoms with Crippen LogP contribution in [0.2, 0.25) is 5.02 Å². The van der Waals surface area contributed by atoms with Gasteiger partial charge in [-0.25, -0.2) is 0 Å². The van der Waals surface area contributed by atoms with Crippen molar-refractivity contribution in [1.82, 2.24) is 0 Å². The van der Waals surface area contributed by atoms with Gasteiger partial charge in [-0.3, -0.25) is 0 Å². The number of rotatable bonds is 4. The molecule has 0 bridgehead atoms. The Morgan fingerprint density at radius 1 is 1.33 bits per heavy atom. The average Bonchev–Trinajstić information content (AvgIpc) is 2.14. The first-order chi connectivity index (χ1) is 6.91. The van der Waals surface area contributed by atoms with Gasteiger partial charge >= 0.3 is 6.98 Å². The second-order valence-electron chi connectivity index (χ2n) is 2.95. The molecule has 0 aliphatic carbocycles. The molecule has 0 saturated carbocycles. The zero-order valence-electron chi connectivity index (χ0n) is 7.72. The number of halogens is 4. The predicted molar refractivity (Wildman–Crippen MR) is 60.4 cm³/mol. The monoisotopic (exact) mass is 251 g/mol. The summed E-state index contributed by atoms with van der Waals surface area (Å²) < 4.78 is 36.5. The Hall–Kier alpha value is -0.545. The molecule has 1 rings (SSSR count). The van der Waals surface area contributed by atoms with Crippen LogP contribution >= 0.6 is 23.4 Å². The van der Waals surface area contributed by atoms with E-state index < -0.39 is 12.4 Å². The lowest BCUT2D eigenvalue weighted by Gasteiger charge is -2.17. The Bertz CT molecular complexity index is 365. The summed E-state index contributed by atoms with van der Waals surface area (Å²) in [6, 6.07) is 6.79. The van der Waals surface area contributed by atoms with Crippen molar-refractivity contribution in [3.63, 3.8) is 0 Å². The van der Waals surface area contributed by atoms with Gasteiger partial charge in [0.1, 0.15) is 0 Å². The van der Waals surface area contributed by atoms with Crippen molar-refractivity contribution >= 4 is 30.3 Å². The first-order valence-corrected chi connectivity index (χ1v) is 5.52. The molecule has 82 valence electrons. The normalized spacial score (nSPS) is 11.5. The smallest absolute Gasteiger partial charge is 0.445 e. The van der Waals surface area contributed by atoms with Crippen LogP contribution in [0.4, 0.5) is 12.9 Å². The van der Waals surface area contributed by atoms with E-state index in [-0.39, 0.29) is 5.75 Å². The van der Waals surface area contributed by atoms with Crippen LogP contribution in [0, 0.1) is 0 Å². The molecule has 0 aromatic heterocycles. The van der Waals surface area contributed by atoms with Gasteiger partial charge in [-0.2, -0.15) is 0 Å². The summed E-state index contributed by atoms with van der Waals surface area (Å²) >= 11 is 6.84. The Balaban J connectivity index is 2.59. The van der Waals surface area contributed by atoms with Crippen LogP contribution in [0.25, 0.3) is 0 Å². The fourth-order valence-corrected chi connectivity index (χ4v) is 2.04. The minimum atomic E-state index is -4.94. The fourth-order valence-electron chi connectivity index (χ4n) is 0.827. The summed E-state index contributed by atoms with van der Waals surface area (Å²) in [6.07, 6.45) is 0. The molecule has 0 spiro atoms. The van der Waals surface area contributed by atoms with E-state index in [4.69, 9.17) is 11.6 Å². The van der Waals surface area contributed by atoms with Gasteiger partial charge in [0.15, 0.2) is 0 Å². The molecule has 6 heteroatoms. The van der Waals surface area contributed by atoms with Gasteiger partial charge in [-0.15, -0.1) is 23.8 Å². The average molecular weight is 251 g/mol. The molecular weight excluding hydrogens is 243 g/mol. The lowest BCUT2D eigenvalue weighted by molar-refractivity contribution is 0.491. The zero-order chi connectivity index (χ0) is 11.5. The Morgan fingerprint density at radius 2 is 1.93 bits per heavy atom. The second-order valence-corrected chi connectivity index (χ2v) is 4.38. The van der Waals surface area contributed by atoms with Crippen molar-refractivity contribution in [1.29, 1.82) is 0 Å². The van der Waals surface area contributed by atoms with E-state index in [1.807, 2.05) is 0 Å². The quantitative estimate of drug-likeness (QED) is 0.565. The summed E-state index contributed by atoms with van der Waals surface area (Å²) in [5, 5.41) is 0.463. The maximum absolute atomic E-state index is 12.2. The molecule has 0 radical (unpaired) electrons. The number of hydrogen-bond donors (Lipinski definition) is 0. The van der Waals surface area contributed by atoms with E-state index in [1.165, 1.54) is 0 Å². The molecule has 0 heterocycles. The van der Waals surface area contributed by atoms with Crippen molar-refractivity contribution in [2.75, 3.05) is 5.75 Å². The van der Waals surface area contributed by atoms with Crippen LogP contribution in [-0.2, 0) is 0 Å². The third kappa shape index (κ3) is 3.84. The highest BCUT2D eigenvalue weighted by Crippen LogP contribution is 2.30. The minimum absolute atomic E-state index is 0.173. The second kappa shape index (κ2) is 4.99. The summed E-state index contributed by atoms with van der Waals surface area (Å²) in [5.74, 6) is -0.173. The van der Waals surface area contributed by atoms with Gasteiger partial charge < -0.3 is 12.9 Å². The van der Waals surface area contributed by atoms with Crippen LogP contribution in [0.5, 0.6) is 0 Å². The predicted octanol–water partition coefficient (Wildman–Crippen LogP) is 4.37. The van der Waals surface area contributed by atoms with Gasteiger partial charge in [0.05, 0.1) is 5.02 Å². The minimum Gasteiger partial charge on any atom is -0.445 e. The van der Waals surface area contributed by atoms with Crippen molar-refractivity contribution in [3.05, 3.63) is 41.3 Å². The lowest BCUT2D eigenvalue weighted by atomic mass is 9.82. The summed E-state index contributed by atoms with van der Waals surface area (Å²) in [7, 11) is 0. The van der Waals surface area contributed by atoms with E-state index in [2.05, 4.69) is 6.58 Å². The van der Waals surface area contributed by atoms with Gasteiger partial charge in [-0.05, 0) is 17.9 Å². The van der Waals surface area contributed by atoms with Crippen molar-refractivity contribution in [2.45, 2.75) is 4.90 Å². The molecular formula is C9H8BClF3S-. The molecule has 0 N–H and O–H groups in total. The van der Waals surface area contributed by atoms with Crippen molar-refractivity contribution in [3.8, 4) is 0 Å². The van der Waals surface area contributed by atoms with Crippen molar-refractivity contribution < 1.29 is 12.9 Å². The topological polar surface area (TPSA) is 0 Å². The highest BCUT2D eigenvalue weighted by molar-refractivity contribution is 7.99. The lowest BCUT2D eigenvalue weighted by Crippen LogP contribution is -2.20. The molecule has 0 saturated heterocycles. The summed E-state index contributed by atoms with van der Waals surface area (Å²) in [6.45, 7) is -1.93. The molecule has 0 fully saturated rings. The molecule has 1 aromatic carbocycles. The maximum Gasteiger partial charge on any atom is 0.505 e. The van der Waals surface area contributed by atoms with E-state index in [0.717, 1.165) is 11.8 Å². The standard InChI is InChI=1S/C9H8BClF3S/c1-7(10(12,13)14)6-15-9-5-3-2-4-8(9)11/h2-5H,1,6H2/q-1. The molecule has 0 amide bonds. The molecule has 0 atom stereocenters. The summed E-state index contributed by atoms with van der Waals surface area (Å²) in [4.78, 5) is 0.639. The van der Waals surface area contributed by atoms with Gasteiger partial charge in [0, 0.05) is 4.90 Å². The molecule has 0 aliphatic heterocycles. The van der Waals surface area contributed by atoms with Crippen LogP contribution < -0.4 is 0 Å². The Kier molecular flexibility index (Phi) is 4.17. The number of benzene rings is 1. The fraction of sp³-hybridized carbons (Fsp3) is 0.111. The van der Waals surface area contributed by atoms with Crippen LogP contribution in [0.1, 0.15) is 0 Å². The third-order valence-electron chi connectivity index (χ3n) is 1.71. The largest absolute Gasteiger partial charge is 0.505 e. The van der Waals surface area contributed by atoms with E-state index in [0.29, 0.717) is 9.92 Å². The Labute approximate surface area is 95.6 Å². The van der Waals surface area contributed by atoms with Gasteiger partial charge in [0.2, 0.25) is 0 Å². The molecule has 0 aliphatic rings. The first kappa shape index (κ1) is 12.5. The first-order valence-electron chi connectivity index (χ1n) is 4.16. The van der Waals surface area contributed by atoms with Crippen LogP contribution in [0.3, 0.4) is 0 Å². The van der Waals surface area contributed by atoms with E-state index >= 15 is 0 Å². The molecule has 0 unspecified atom stereocenters. The van der Waals surface area contributed by atoms with E-state index in [9.17, 15) is 12.9 Å². The van der Waals surface area contributed by atoms with Gasteiger partial charge in [-0.1, -0.05) is 23.7 Å². The maximum atomic E-state index is 12.2. The van der Waals surface area contributed by atoms with Crippen LogP contribution in [0.15, 0.2) is 41.2 Å². The highest BCUT2D eigenvalue weighted by atomic mass is 35.5. The number of hydrogen-bond acceptors (Lipinski definition) is 1. The molecule has 15 heavy (non-hydrogen) atoms. The summed E-state index contributed by atoms with van der Waals surface area (Å²) in [5.41, 5.74) is -0.695. The molecule has 1 aromatic rings. The zero-order valence-corrected chi connectivity index (χ0v) is 9.29. The molecule has 0 nitrogen and oxygen atoms in total. The Morgan fingerprint density at radius 3 is 2.47 bits per heavy atom. The SMILES string of the molecule is C=C(CSc1ccccc1Cl)[B-](F)(F)F. The highest BCUT2D eigenvalue weighted by Gasteiger charge is 2.26. The van der Waals surface area contributed by atoms with E-state index in [1.54, 1.807) is 24.3 Å². The van der Waals surface area contributed by atoms with Crippen LogP contribution in [-0.4, -0.2) is 12.7 Å². The number of thioether (sulfide) groups is 1. The third-order valence-corrected chi connectivity index (χ3v) is 3.34. The van der Waals surface area contributed by atoms with Crippen molar-refractivity contribution in [2.24, 2.45) is 0 Å². The van der Waals surface area contributed by atoms with Gasteiger partial charge in [0.25, 0.3) is 0 Å².